The van der Waals surface area contributed by atoms with Gasteiger partial charge in [0.05, 0.1) is 0 Å². The second-order valence-corrected chi connectivity index (χ2v) is 6.61. The van der Waals surface area contributed by atoms with Gasteiger partial charge >= 0.3 is 0 Å². The lowest BCUT2D eigenvalue weighted by Crippen LogP contribution is -2.47. The minimum Gasteiger partial charge on any atom is -0.268 e. The van der Waals surface area contributed by atoms with Crippen LogP contribution in [0.4, 0.5) is 0 Å². The minimum atomic E-state index is 0.387. The highest BCUT2D eigenvalue weighted by molar-refractivity contribution is 5.62. The number of aromatic nitrogens is 1. The molecule has 1 aliphatic rings. The summed E-state index contributed by atoms with van der Waals surface area (Å²) in [7, 11) is 0. The van der Waals surface area contributed by atoms with E-state index in [1.165, 1.54) is 68.1 Å². The summed E-state index contributed by atoms with van der Waals surface area (Å²) >= 11 is 0. The smallest absolute Gasteiger partial charge is 0.223 e. The quantitative estimate of drug-likeness (QED) is 0.702. The Labute approximate surface area is 140 Å². The highest BCUT2D eigenvalue weighted by Crippen LogP contribution is 2.20. The summed E-state index contributed by atoms with van der Waals surface area (Å²) in [6, 6.07) is 13.3. The lowest BCUT2D eigenvalue weighted by Gasteiger charge is -2.17. The summed E-state index contributed by atoms with van der Waals surface area (Å²) in [5.74, 6) is 0. The van der Waals surface area contributed by atoms with Crippen LogP contribution in [0.2, 0.25) is 0 Å². The molecule has 1 aliphatic carbocycles. The first kappa shape index (κ1) is 16.0. The number of unbranched alkanes of at least 4 members (excludes halogenated alkanes) is 1. The van der Waals surface area contributed by atoms with Gasteiger partial charge in [-0.05, 0) is 55.2 Å². The maximum atomic E-state index is 6.03. The zero-order valence-corrected chi connectivity index (χ0v) is 14.2. The Morgan fingerprint density at radius 3 is 2.22 bits per heavy atom. The molecule has 0 radical (unpaired) electrons. The summed E-state index contributed by atoms with van der Waals surface area (Å²) in [5, 5.41) is 0. The molecule has 1 fully saturated rings. The normalized spacial score (nSPS) is 15.5. The average Bonchev–Trinajstić information content (AvgIpc) is 2.62. The van der Waals surface area contributed by atoms with Crippen molar-refractivity contribution < 1.29 is 9.57 Å². The van der Waals surface area contributed by atoms with Crippen molar-refractivity contribution >= 4 is 0 Å². The lowest BCUT2D eigenvalue weighted by atomic mass is 9.98. The average molecular weight is 310 g/mol. The van der Waals surface area contributed by atoms with Crippen molar-refractivity contribution in [3.05, 3.63) is 54.4 Å². The maximum Gasteiger partial charge on any atom is 0.223 e. The van der Waals surface area contributed by atoms with Crippen molar-refractivity contribution in [3.8, 4) is 11.1 Å². The first-order chi connectivity index (χ1) is 11.3. The molecule has 0 atom stereocenters. The first-order valence-electron chi connectivity index (χ1n) is 9.13. The second kappa shape index (κ2) is 8.14. The first-order valence-corrected chi connectivity index (χ1v) is 9.13. The van der Waals surface area contributed by atoms with Crippen molar-refractivity contribution in [3.63, 3.8) is 0 Å². The molecular formula is C21H28NO+. The predicted molar refractivity (Wildman–Crippen MR) is 94.1 cm³/mol. The van der Waals surface area contributed by atoms with Gasteiger partial charge in [-0.1, -0.05) is 44.0 Å². The van der Waals surface area contributed by atoms with Crippen LogP contribution in [-0.4, -0.2) is 6.10 Å². The third kappa shape index (κ3) is 4.57. The Hall–Kier alpha value is -1.83. The van der Waals surface area contributed by atoms with E-state index in [1.807, 2.05) is 17.1 Å². The van der Waals surface area contributed by atoms with E-state index < -0.39 is 0 Å². The molecule has 3 rings (SSSR count). The van der Waals surface area contributed by atoms with Crippen LogP contribution in [0.25, 0.3) is 11.1 Å². The predicted octanol–water partition coefficient (Wildman–Crippen LogP) is 4.75. The second-order valence-electron chi connectivity index (χ2n) is 6.61. The molecule has 0 aliphatic heterocycles. The fourth-order valence-corrected chi connectivity index (χ4v) is 3.26. The van der Waals surface area contributed by atoms with Gasteiger partial charge in [-0.15, -0.1) is 0 Å². The van der Waals surface area contributed by atoms with Crippen LogP contribution in [0.5, 0.6) is 0 Å². The SMILES string of the molecule is CCCCc1ccc(-c2cc[n+](OC3CCCCC3)cc2)cc1. The Balaban J connectivity index is 1.62. The van der Waals surface area contributed by atoms with Crippen LogP contribution in [0.1, 0.15) is 57.4 Å². The molecule has 0 unspecified atom stereocenters. The molecule has 23 heavy (non-hydrogen) atoms. The lowest BCUT2D eigenvalue weighted by molar-refractivity contribution is -0.899. The zero-order chi connectivity index (χ0) is 15.9. The van der Waals surface area contributed by atoms with E-state index in [4.69, 9.17) is 4.84 Å². The molecule has 1 saturated carbocycles. The summed E-state index contributed by atoms with van der Waals surface area (Å²) < 4.78 is 1.87. The molecule has 2 aromatic rings. The number of pyridine rings is 1. The molecule has 0 N–H and O–H groups in total. The third-order valence-electron chi connectivity index (χ3n) is 4.73. The Morgan fingerprint density at radius 1 is 0.913 bits per heavy atom. The topological polar surface area (TPSA) is 13.1 Å². The fraction of sp³-hybridized carbons (Fsp3) is 0.476. The molecule has 0 spiro atoms. The summed E-state index contributed by atoms with van der Waals surface area (Å²) in [5.41, 5.74) is 3.95. The van der Waals surface area contributed by atoms with Crippen LogP contribution < -0.4 is 9.57 Å². The largest absolute Gasteiger partial charge is 0.268 e. The van der Waals surface area contributed by atoms with Crippen molar-refractivity contribution in [2.45, 2.75) is 64.4 Å². The molecule has 122 valence electrons. The number of aryl methyl sites for hydroxylation is 1. The van der Waals surface area contributed by atoms with Gasteiger partial charge in [0.15, 0.2) is 6.10 Å². The maximum absolute atomic E-state index is 6.03. The Kier molecular flexibility index (Phi) is 5.68. The van der Waals surface area contributed by atoms with Gasteiger partial charge in [-0.3, -0.25) is 4.84 Å². The highest BCUT2D eigenvalue weighted by Gasteiger charge is 2.19. The Bertz CT molecular complexity index is 582. The third-order valence-corrected chi connectivity index (χ3v) is 4.73. The molecule has 0 amide bonds. The summed E-state index contributed by atoms with van der Waals surface area (Å²) in [4.78, 5) is 6.03. The van der Waals surface area contributed by atoms with Gasteiger partial charge in [0.25, 0.3) is 0 Å². The number of rotatable bonds is 6. The van der Waals surface area contributed by atoms with Crippen LogP contribution in [0.15, 0.2) is 48.8 Å². The van der Waals surface area contributed by atoms with E-state index in [0.29, 0.717) is 6.10 Å². The summed E-state index contributed by atoms with van der Waals surface area (Å²) in [6.07, 6.45) is 14.5. The molecule has 1 aromatic heterocycles. The van der Waals surface area contributed by atoms with E-state index >= 15 is 0 Å². The van der Waals surface area contributed by atoms with Gasteiger partial charge < -0.3 is 0 Å². The monoisotopic (exact) mass is 310 g/mol. The molecule has 1 aromatic carbocycles. The van der Waals surface area contributed by atoms with Crippen molar-refractivity contribution in [1.29, 1.82) is 0 Å². The Morgan fingerprint density at radius 2 is 1.57 bits per heavy atom. The summed E-state index contributed by atoms with van der Waals surface area (Å²) in [6.45, 7) is 2.24. The van der Waals surface area contributed by atoms with Gasteiger partial charge in [0, 0.05) is 16.9 Å². The number of hydrogen-bond acceptors (Lipinski definition) is 1. The van der Waals surface area contributed by atoms with Crippen LogP contribution >= 0.6 is 0 Å². The molecule has 0 bridgehead atoms. The zero-order valence-electron chi connectivity index (χ0n) is 14.2. The van der Waals surface area contributed by atoms with Crippen LogP contribution in [-0.2, 0) is 6.42 Å². The van der Waals surface area contributed by atoms with Crippen molar-refractivity contribution in [1.82, 2.24) is 0 Å². The van der Waals surface area contributed by atoms with Gasteiger partial charge in [0.2, 0.25) is 12.4 Å². The van der Waals surface area contributed by atoms with E-state index in [9.17, 15) is 0 Å². The van der Waals surface area contributed by atoms with Crippen molar-refractivity contribution in [2.75, 3.05) is 0 Å². The van der Waals surface area contributed by atoms with Gasteiger partial charge in [-0.25, -0.2) is 0 Å². The van der Waals surface area contributed by atoms with E-state index in [-0.39, 0.29) is 0 Å². The fourth-order valence-electron chi connectivity index (χ4n) is 3.26. The number of hydrogen-bond donors (Lipinski definition) is 0. The minimum absolute atomic E-state index is 0.387. The molecule has 1 heterocycles. The van der Waals surface area contributed by atoms with E-state index in [0.717, 1.165) is 0 Å². The molecule has 0 saturated heterocycles. The van der Waals surface area contributed by atoms with E-state index in [2.05, 4.69) is 43.3 Å². The standard InChI is InChI=1S/C21H28NO/c1-2-3-7-18-10-12-19(13-11-18)20-14-16-22(17-15-20)23-21-8-5-4-6-9-21/h10-17,21H,2-9H2,1H3/q+1. The molecule has 2 nitrogen and oxygen atoms in total. The van der Waals surface area contributed by atoms with Crippen LogP contribution in [0.3, 0.4) is 0 Å². The van der Waals surface area contributed by atoms with Crippen LogP contribution in [0, 0.1) is 0 Å². The molecular weight excluding hydrogens is 282 g/mol. The number of nitrogens with zero attached hydrogens (tertiary/aromatic N) is 1. The number of benzene rings is 1. The van der Waals surface area contributed by atoms with Gasteiger partial charge in [-0.2, -0.15) is 0 Å². The highest BCUT2D eigenvalue weighted by atomic mass is 16.7. The van der Waals surface area contributed by atoms with E-state index in [1.54, 1.807) is 0 Å². The van der Waals surface area contributed by atoms with Gasteiger partial charge in [0.1, 0.15) is 0 Å². The van der Waals surface area contributed by atoms with Crippen molar-refractivity contribution in [2.24, 2.45) is 0 Å². The molecule has 2 heteroatoms.